The number of anilines is 1. The highest BCUT2D eigenvalue weighted by Crippen LogP contribution is 2.35. The summed E-state index contributed by atoms with van der Waals surface area (Å²) in [7, 11) is 2.06. The number of piperidine rings is 1. The average Bonchev–Trinajstić information content (AvgIpc) is 2.97. The Morgan fingerprint density at radius 3 is 3.04 bits per heavy atom. The topological polar surface area (TPSA) is 57.3 Å². The van der Waals surface area contributed by atoms with Crippen LogP contribution >= 0.6 is 0 Å². The van der Waals surface area contributed by atoms with Crippen molar-refractivity contribution in [3.05, 3.63) is 48.0 Å². The molecule has 1 aromatic heterocycles. The van der Waals surface area contributed by atoms with Crippen LogP contribution in [0.25, 0.3) is 0 Å². The van der Waals surface area contributed by atoms with Crippen molar-refractivity contribution in [3.63, 3.8) is 0 Å². The maximum atomic E-state index is 9.23. The molecule has 0 radical (unpaired) electrons. The van der Waals surface area contributed by atoms with E-state index in [9.17, 15) is 5.26 Å². The van der Waals surface area contributed by atoms with Gasteiger partial charge in [0, 0.05) is 50.2 Å². The van der Waals surface area contributed by atoms with Crippen molar-refractivity contribution >= 4 is 5.69 Å². The molecule has 1 spiro atoms. The van der Waals surface area contributed by atoms with Crippen LogP contribution in [0.15, 0.2) is 36.7 Å². The van der Waals surface area contributed by atoms with Crippen molar-refractivity contribution in [2.75, 3.05) is 44.3 Å². The van der Waals surface area contributed by atoms with E-state index < -0.39 is 0 Å². The quantitative estimate of drug-likeness (QED) is 0.836. The van der Waals surface area contributed by atoms with Crippen LogP contribution in [0.2, 0.25) is 0 Å². The summed E-state index contributed by atoms with van der Waals surface area (Å²) in [5.74, 6) is 1.11. The molecule has 0 bridgehead atoms. The first-order valence-corrected chi connectivity index (χ1v) is 9.69. The van der Waals surface area contributed by atoms with Gasteiger partial charge in [0.05, 0.1) is 31.4 Å². The lowest BCUT2D eigenvalue weighted by molar-refractivity contribution is 0.00969. The number of hydrogen-bond donors (Lipinski definition) is 0. The third kappa shape index (κ3) is 4.00. The molecule has 2 aliphatic rings. The molecule has 142 valence electrons. The van der Waals surface area contributed by atoms with Crippen LogP contribution in [0, 0.1) is 16.7 Å². The van der Waals surface area contributed by atoms with Gasteiger partial charge in [-0.15, -0.1) is 0 Å². The van der Waals surface area contributed by atoms with Crippen molar-refractivity contribution < 1.29 is 4.74 Å². The van der Waals surface area contributed by atoms with E-state index in [-0.39, 0.29) is 5.41 Å². The standard InChI is InChI=1S/C21H27N5O/c1-24-9-7-23-20(24)14-25-8-3-6-21(15-25)16-26(10-11-27-17-21)19-5-2-4-18(12-19)13-22/h2,4-5,7,9,12H,3,6,8,10-11,14-17H2,1H3/t21-/m1/s1. The van der Waals surface area contributed by atoms with Gasteiger partial charge in [-0.3, -0.25) is 4.90 Å². The molecule has 0 aliphatic carbocycles. The van der Waals surface area contributed by atoms with Gasteiger partial charge < -0.3 is 14.2 Å². The Kier molecular flexibility index (Phi) is 5.15. The largest absolute Gasteiger partial charge is 0.379 e. The van der Waals surface area contributed by atoms with Crippen LogP contribution in [0.5, 0.6) is 0 Å². The smallest absolute Gasteiger partial charge is 0.122 e. The van der Waals surface area contributed by atoms with Crippen molar-refractivity contribution in [3.8, 4) is 6.07 Å². The Morgan fingerprint density at radius 2 is 2.22 bits per heavy atom. The third-order valence-electron chi connectivity index (χ3n) is 5.81. The SMILES string of the molecule is Cn1ccnc1CN1CCC[C@@]2(COCCN(c3cccc(C#N)c3)C2)C1. The molecule has 2 aromatic rings. The van der Waals surface area contributed by atoms with Gasteiger partial charge in [-0.2, -0.15) is 5.26 Å². The molecule has 6 heteroatoms. The minimum atomic E-state index is 0.128. The molecule has 6 nitrogen and oxygen atoms in total. The summed E-state index contributed by atoms with van der Waals surface area (Å²) in [6.07, 6.45) is 6.24. The Hall–Kier alpha value is -2.36. The summed E-state index contributed by atoms with van der Waals surface area (Å²) in [6, 6.07) is 10.2. The first-order chi connectivity index (χ1) is 13.2. The fourth-order valence-corrected chi connectivity index (χ4v) is 4.43. The Bertz CT molecular complexity index is 826. The highest BCUT2D eigenvalue weighted by Gasteiger charge is 2.39. The summed E-state index contributed by atoms with van der Waals surface area (Å²) >= 11 is 0. The summed E-state index contributed by atoms with van der Waals surface area (Å²) in [5, 5.41) is 9.23. The Balaban J connectivity index is 1.51. The highest BCUT2D eigenvalue weighted by molar-refractivity contribution is 5.51. The van der Waals surface area contributed by atoms with Gasteiger partial charge in [-0.1, -0.05) is 6.07 Å². The molecule has 0 N–H and O–H groups in total. The second-order valence-corrected chi connectivity index (χ2v) is 7.90. The van der Waals surface area contributed by atoms with Crippen LogP contribution in [-0.2, 0) is 18.3 Å². The zero-order valence-electron chi connectivity index (χ0n) is 16.0. The number of benzene rings is 1. The molecule has 27 heavy (non-hydrogen) atoms. The van der Waals surface area contributed by atoms with E-state index in [1.54, 1.807) is 0 Å². The molecule has 4 rings (SSSR count). The number of ether oxygens (including phenoxy) is 1. The summed E-state index contributed by atoms with van der Waals surface area (Å²) < 4.78 is 8.15. The van der Waals surface area contributed by atoms with Gasteiger partial charge in [-0.25, -0.2) is 4.98 Å². The summed E-state index contributed by atoms with van der Waals surface area (Å²) in [6.45, 7) is 6.40. The molecule has 2 aliphatic heterocycles. The van der Waals surface area contributed by atoms with Gasteiger partial charge in [0.1, 0.15) is 5.82 Å². The van der Waals surface area contributed by atoms with Crippen LogP contribution in [-0.4, -0.2) is 53.8 Å². The van der Waals surface area contributed by atoms with Crippen LogP contribution in [0.3, 0.4) is 0 Å². The number of hydrogen-bond acceptors (Lipinski definition) is 5. The molecule has 1 atom stereocenters. The van der Waals surface area contributed by atoms with Gasteiger partial charge >= 0.3 is 0 Å². The molecule has 2 fully saturated rings. The number of rotatable bonds is 3. The first-order valence-electron chi connectivity index (χ1n) is 9.69. The second-order valence-electron chi connectivity index (χ2n) is 7.90. The number of aromatic nitrogens is 2. The van der Waals surface area contributed by atoms with Crippen LogP contribution in [0.1, 0.15) is 24.2 Å². The zero-order chi connectivity index (χ0) is 18.7. The van der Waals surface area contributed by atoms with Crippen LogP contribution < -0.4 is 4.90 Å². The van der Waals surface area contributed by atoms with Crippen molar-refractivity contribution in [1.82, 2.24) is 14.5 Å². The van der Waals surface area contributed by atoms with E-state index in [1.807, 2.05) is 30.6 Å². The number of nitriles is 1. The fraction of sp³-hybridized carbons (Fsp3) is 0.524. The molecular weight excluding hydrogens is 338 g/mol. The van der Waals surface area contributed by atoms with Crippen molar-refractivity contribution in [2.24, 2.45) is 12.5 Å². The van der Waals surface area contributed by atoms with E-state index in [0.717, 1.165) is 57.4 Å². The monoisotopic (exact) mass is 365 g/mol. The minimum Gasteiger partial charge on any atom is -0.379 e. The molecular formula is C21H27N5O. The first kappa shape index (κ1) is 18.0. The minimum absolute atomic E-state index is 0.128. The molecule has 0 unspecified atom stereocenters. The van der Waals surface area contributed by atoms with E-state index in [2.05, 4.69) is 38.5 Å². The zero-order valence-corrected chi connectivity index (χ0v) is 16.0. The predicted octanol–water partition coefficient (Wildman–Crippen LogP) is 2.41. The van der Waals surface area contributed by atoms with E-state index in [0.29, 0.717) is 5.56 Å². The second kappa shape index (κ2) is 7.71. The lowest BCUT2D eigenvalue weighted by Crippen LogP contribution is -2.50. The predicted molar refractivity (Wildman–Crippen MR) is 104 cm³/mol. The molecule has 1 aromatic carbocycles. The van der Waals surface area contributed by atoms with Crippen LogP contribution in [0.4, 0.5) is 5.69 Å². The molecule has 3 heterocycles. The maximum Gasteiger partial charge on any atom is 0.122 e. The average molecular weight is 365 g/mol. The number of imidazole rings is 1. The van der Waals surface area contributed by atoms with E-state index in [4.69, 9.17) is 4.74 Å². The third-order valence-corrected chi connectivity index (χ3v) is 5.81. The van der Waals surface area contributed by atoms with Crippen molar-refractivity contribution in [2.45, 2.75) is 19.4 Å². The summed E-state index contributed by atoms with van der Waals surface area (Å²) in [5.41, 5.74) is 1.97. The highest BCUT2D eigenvalue weighted by atomic mass is 16.5. The Morgan fingerprint density at radius 1 is 1.30 bits per heavy atom. The number of aryl methyl sites for hydroxylation is 1. The Labute approximate surface area is 161 Å². The maximum absolute atomic E-state index is 9.23. The molecule has 2 saturated heterocycles. The van der Waals surface area contributed by atoms with Gasteiger partial charge in [0.2, 0.25) is 0 Å². The van der Waals surface area contributed by atoms with Gasteiger partial charge in [0.25, 0.3) is 0 Å². The number of nitrogens with zero attached hydrogens (tertiary/aromatic N) is 5. The fourth-order valence-electron chi connectivity index (χ4n) is 4.43. The number of likely N-dealkylation sites (tertiary alicyclic amines) is 1. The normalized spacial score (nSPS) is 23.9. The molecule has 0 saturated carbocycles. The van der Waals surface area contributed by atoms with E-state index in [1.165, 1.54) is 12.8 Å². The van der Waals surface area contributed by atoms with E-state index >= 15 is 0 Å². The lowest BCUT2D eigenvalue weighted by atomic mass is 9.80. The van der Waals surface area contributed by atoms with Gasteiger partial charge in [0.15, 0.2) is 0 Å². The van der Waals surface area contributed by atoms with Gasteiger partial charge in [-0.05, 0) is 37.6 Å². The lowest BCUT2D eigenvalue weighted by Gasteiger charge is -2.44. The van der Waals surface area contributed by atoms with Crippen molar-refractivity contribution in [1.29, 1.82) is 5.26 Å². The molecule has 0 amide bonds. The summed E-state index contributed by atoms with van der Waals surface area (Å²) in [4.78, 5) is 9.41.